The number of hydrogen-bond donors (Lipinski definition) is 1. The number of aromatic nitrogens is 2. The lowest BCUT2D eigenvalue weighted by atomic mass is 9.79. The number of H-pyrrole nitrogens is 1. The fourth-order valence-electron chi connectivity index (χ4n) is 2.40. The molecule has 120 valence electrons. The van der Waals surface area contributed by atoms with Crippen molar-refractivity contribution in [2.45, 2.75) is 52.7 Å². The molecule has 1 N–H and O–H groups in total. The van der Waals surface area contributed by atoms with Gasteiger partial charge in [0.15, 0.2) is 0 Å². The molecule has 1 aliphatic heterocycles. The molecule has 0 bridgehead atoms. The van der Waals surface area contributed by atoms with Crippen molar-refractivity contribution in [3.63, 3.8) is 0 Å². The van der Waals surface area contributed by atoms with Crippen molar-refractivity contribution in [3.05, 3.63) is 28.8 Å². The predicted octanol–water partition coefficient (Wildman–Crippen LogP) is 2.19. The van der Waals surface area contributed by atoms with Gasteiger partial charge in [-0.1, -0.05) is 13.8 Å². The zero-order valence-corrected chi connectivity index (χ0v) is 14.5. The maximum atomic E-state index is 12.1. The summed E-state index contributed by atoms with van der Waals surface area (Å²) in [6.45, 7) is 12.1. The van der Waals surface area contributed by atoms with Crippen LogP contribution in [0.25, 0.3) is 10.9 Å². The Labute approximate surface area is 131 Å². The Balaban J connectivity index is 0.000000847. The van der Waals surface area contributed by atoms with E-state index >= 15 is 0 Å². The molecule has 2 aromatic rings. The van der Waals surface area contributed by atoms with E-state index in [9.17, 15) is 4.79 Å². The summed E-state index contributed by atoms with van der Waals surface area (Å²) in [5, 5.41) is 0.853. The lowest BCUT2D eigenvalue weighted by Gasteiger charge is -2.32. The van der Waals surface area contributed by atoms with Crippen molar-refractivity contribution < 1.29 is 9.31 Å². The topological polar surface area (TPSA) is 56.2 Å². The van der Waals surface area contributed by atoms with Crippen LogP contribution in [0.4, 0.5) is 0 Å². The van der Waals surface area contributed by atoms with Crippen molar-refractivity contribution in [2.75, 3.05) is 0 Å². The van der Waals surface area contributed by atoms with E-state index in [0.717, 1.165) is 10.8 Å². The minimum Gasteiger partial charge on any atom is -0.399 e. The molecule has 6 heteroatoms. The molecule has 0 atom stereocenters. The molecule has 0 aromatic carbocycles. The molecular formula is C16H25BN2O3. The Bertz CT molecular complexity index is 715. The van der Waals surface area contributed by atoms with Crippen molar-refractivity contribution >= 4 is 23.5 Å². The maximum absolute atomic E-state index is 12.1. The third kappa shape index (κ3) is 2.50. The monoisotopic (exact) mass is 304 g/mol. The minimum atomic E-state index is -0.458. The molecule has 0 saturated carbocycles. The molecule has 5 nitrogen and oxygen atoms in total. The standard InChI is InChI=1S/C14H19BN2O3.C2H6/c1-13(2)14(3,4)20-15(19-13)10-8-16-11-9(10)6-7-17(5)12(11)18;1-2/h6-8,16H,1-5H3;1-2H3. The summed E-state index contributed by atoms with van der Waals surface area (Å²) in [6.07, 6.45) is 3.56. The second-order valence-electron chi connectivity index (χ2n) is 6.35. The first-order valence-corrected chi connectivity index (χ1v) is 7.75. The van der Waals surface area contributed by atoms with Crippen LogP contribution in [0.1, 0.15) is 41.5 Å². The van der Waals surface area contributed by atoms with E-state index < -0.39 is 7.12 Å². The summed E-state index contributed by atoms with van der Waals surface area (Å²) in [5.74, 6) is 0. The number of nitrogens with zero attached hydrogens (tertiary/aromatic N) is 1. The van der Waals surface area contributed by atoms with Crippen LogP contribution in [0.2, 0.25) is 0 Å². The van der Waals surface area contributed by atoms with Gasteiger partial charge in [0.25, 0.3) is 5.56 Å². The summed E-state index contributed by atoms with van der Waals surface area (Å²) in [6, 6.07) is 1.91. The van der Waals surface area contributed by atoms with Gasteiger partial charge in [-0.3, -0.25) is 4.79 Å². The van der Waals surface area contributed by atoms with Gasteiger partial charge in [-0.25, -0.2) is 0 Å². The molecule has 0 aliphatic carbocycles. The molecule has 3 heterocycles. The van der Waals surface area contributed by atoms with Crippen LogP contribution in [0.5, 0.6) is 0 Å². The average molecular weight is 304 g/mol. The van der Waals surface area contributed by atoms with E-state index in [0.29, 0.717) is 5.52 Å². The first-order chi connectivity index (χ1) is 10.2. The highest BCUT2D eigenvalue weighted by Gasteiger charge is 2.52. The molecule has 1 fully saturated rings. The van der Waals surface area contributed by atoms with Crippen molar-refractivity contribution in [1.82, 2.24) is 9.55 Å². The zero-order valence-electron chi connectivity index (χ0n) is 14.5. The molecule has 2 aromatic heterocycles. The second-order valence-corrected chi connectivity index (χ2v) is 6.35. The number of nitrogens with one attached hydrogen (secondary N) is 1. The SMILES string of the molecule is CC.Cn1ccc2c(B3OC(C)(C)C(C)(C)O3)c[nH]c2c1=O. The Morgan fingerprint density at radius 3 is 2.23 bits per heavy atom. The summed E-state index contributed by atoms with van der Waals surface area (Å²) < 4.78 is 13.6. The van der Waals surface area contributed by atoms with E-state index in [2.05, 4.69) is 4.98 Å². The number of aromatic amines is 1. The van der Waals surface area contributed by atoms with Gasteiger partial charge in [-0.15, -0.1) is 0 Å². The number of aryl methyl sites for hydroxylation is 1. The lowest BCUT2D eigenvalue weighted by molar-refractivity contribution is 0.00578. The first-order valence-electron chi connectivity index (χ1n) is 7.75. The average Bonchev–Trinajstić information content (AvgIpc) is 2.96. The number of hydrogen-bond acceptors (Lipinski definition) is 3. The predicted molar refractivity (Wildman–Crippen MR) is 90.6 cm³/mol. The van der Waals surface area contributed by atoms with E-state index in [1.165, 1.54) is 0 Å². The van der Waals surface area contributed by atoms with Crippen LogP contribution in [-0.4, -0.2) is 27.9 Å². The number of pyridine rings is 1. The van der Waals surface area contributed by atoms with Crippen molar-refractivity contribution in [1.29, 1.82) is 0 Å². The maximum Gasteiger partial charge on any atom is 0.497 e. The number of rotatable bonds is 1. The minimum absolute atomic E-state index is 0.0507. The smallest absolute Gasteiger partial charge is 0.399 e. The van der Waals surface area contributed by atoms with Crippen LogP contribution < -0.4 is 11.0 Å². The number of fused-ring (bicyclic) bond motifs is 1. The molecule has 1 saturated heterocycles. The molecule has 3 rings (SSSR count). The highest BCUT2D eigenvalue weighted by molar-refractivity contribution is 6.65. The fourth-order valence-corrected chi connectivity index (χ4v) is 2.40. The summed E-state index contributed by atoms with van der Waals surface area (Å²) in [5.41, 5.74) is 0.628. The van der Waals surface area contributed by atoms with Gasteiger partial charge in [0.2, 0.25) is 0 Å². The van der Waals surface area contributed by atoms with Crippen LogP contribution in [0, 0.1) is 0 Å². The van der Waals surface area contributed by atoms with Gasteiger partial charge < -0.3 is 18.9 Å². The zero-order chi connectivity index (χ0) is 16.7. The largest absolute Gasteiger partial charge is 0.497 e. The highest BCUT2D eigenvalue weighted by atomic mass is 16.7. The molecule has 0 amide bonds. The van der Waals surface area contributed by atoms with Gasteiger partial charge >= 0.3 is 7.12 Å². The Kier molecular flexibility index (Phi) is 4.28. The fraction of sp³-hybridized carbons (Fsp3) is 0.562. The Morgan fingerprint density at radius 1 is 1.14 bits per heavy atom. The van der Waals surface area contributed by atoms with Gasteiger partial charge in [0.1, 0.15) is 5.52 Å². The van der Waals surface area contributed by atoms with E-state index in [-0.39, 0.29) is 16.8 Å². The van der Waals surface area contributed by atoms with Crippen LogP contribution in [0.3, 0.4) is 0 Å². The van der Waals surface area contributed by atoms with Crippen LogP contribution >= 0.6 is 0 Å². The Morgan fingerprint density at radius 2 is 1.68 bits per heavy atom. The molecule has 0 spiro atoms. The van der Waals surface area contributed by atoms with Crippen LogP contribution in [-0.2, 0) is 16.4 Å². The van der Waals surface area contributed by atoms with Crippen molar-refractivity contribution in [3.8, 4) is 0 Å². The first kappa shape index (κ1) is 16.8. The second kappa shape index (κ2) is 5.59. The van der Waals surface area contributed by atoms with E-state index in [4.69, 9.17) is 9.31 Å². The van der Waals surface area contributed by atoms with Crippen LogP contribution in [0.15, 0.2) is 23.3 Å². The van der Waals surface area contributed by atoms with E-state index in [1.807, 2.05) is 47.6 Å². The molecule has 0 radical (unpaired) electrons. The third-order valence-corrected chi connectivity index (χ3v) is 4.46. The third-order valence-electron chi connectivity index (χ3n) is 4.46. The van der Waals surface area contributed by atoms with Crippen molar-refractivity contribution in [2.24, 2.45) is 7.05 Å². The van der Waals surface area contributed by atoms with E-state index in [1.54, 1.807) is 24.0 Å². The Hall–Kier alpha value is -1.53. The van der Waals surface area contributed by atoms with Gasteiger partial charge in [0.05, 0.1) is 11.2 Å². The van der Waals surface area contributed by atoms with Gasteiger partial charge in [-0.05, 0) is 33.8 Å². The summed E-state index contributed by atoms with van der Waals surface area (Å²) in [7, 11) is 1.28. The van der Waals surface area contributed by atoms with Gasteiger partial charge in [0, 0.05) is 30.3 Å². The summed E-state index contributed by atoms with van der Waals surface area (Å²) >= 11 is 0. The lowest BCUT2D eigenvalue weighted by Crippen LogP contribution is -2.41. The quantitative estimate of drug-likeness (QED) is 0.822. The van der Waals surface area contributed by atoms with Gasteiger partial charge in [-0.2, -0.15) is 0 Å². The highest BCUT2D eigenvalue weighted by Crippen LogP contribution is 2.36. The molecule has 1 aliphatic rings. The molecule has 0 unspecified atom stereocenters. The summed E-state index contributed by atoms with van der Waals surface area (Å²) in [4.78, 5) is 15.1. The normalized spacial score (nSPS) is 19.1. The molecule has 22 heavy (non-hydrogen) atoms. The molecular weight excluding hydrogens is 279 g/mol.